The summed E-state index contributed by atoms with van der Waals surface area (Å²) in [5, 5.41) is 3.14. The van der Waals surface area contributed by atoms with Crippen LogP contribution in [-0.2, 0) is 10.3 Å². The number of ketones is 1. The molecule has 6 rings (SSSR count). The van der Waals surface area contributed by atoms with Gasteiger partial charge in [-0.1, -0.05) is 78.4 Å². The van der Waals surface area contributed by atoms with Crippen LogP contribution in [0.4, 0.5) is 5.69 Å². The van der Waals surface area contributed by atoms with E-state index in [1.807, 2.05) is 79.3 Å². The topological polar surface area (TPSA) is 49.4 Å². The third-order valence-electron chi connectivity index (χ3n) is 7.30. The summed E-state index contributed by atoms with van der Waals surface area (Å²) in [5.41, 5.74) is 3.67. The summed E-state index contributed by atoms with van der Waals surface area (Å²) < 4.78 is 0. The largest absolute Gasteiger partial charge is 0.324 e. The van der Waals surface area contributed by atoms with Crippen LogP contribution in [-0.4, -0.2) is 34.3 Å². The van der Waals surface area contributed by atoms with E-state index in [4.69, 9.17) is 0 Å². The molecule has 4 atom stereocenters. The molecule has 3 aromatic rings. The number of fused-ring (bicyclic) bond motifs is 4. The first-order chi connectivity index (χ1) is 15.6. The van der Waals surface area contributed by atoms with Crippen LogP contribution >= 0.6 is 11.8 Å². The lowest BCUT2D eigenvalue weighted by Crippen LogP contribution is -2.52. The molecule has 32 heavy (non-hydrogen) atoms. The fourth-order valence-corrected chi connectivity index (χ4v) is 7.35. The zero-order valence-electron chi connectivity index (χ0n) is 17.8. The summed E-state index contributed by atoms with van der Waals surface area (Å²) in [7, 11) is 0. The molecule has 2 fully saturated rings. The van der Waals surface area contributed by atoms with E-state index < -0.39 is 11.5 Å². The molecule has 0 radical (unpaired) electrons. The minimum Gasteiger partial charge on any atom is -0.324 e. The van der Waals surface area contributed by atoms with E-state index in [0.29, 0.717) is 5.56 Å². The van der Waals surface area contributed by atoms with Crippen LogP contribution in [0.2, 0.25) is 0 Å². The Labute approximate surface area is 192 Å². The zero-order chi connectivity index (χ0) is 21.9. The Hall–Kier alpha value is -2.89. The normalized spacial score (nSPS) is 28.5. The van der Waals surface area contributed by atoms with Gasteiger partial charge in [-0.05, 0) is 18.6 Å². The number of nitrogens with one attached hydrogen (secondary N) is 1. The standard InChI is InChI=1S/C27H24N2O2S/c1-17-12-13-21-20(14-17)27(26(31)28-21)24(25(30)19-10-6-3-7-11-19)23(18-8-4-2-5-9-18)22-15-32-16-29(22)27/h2-14,22-24H,15-16H2,1H3,(H,28,31)/t22-,23-,24-,27-/m1/s1. The van der Waals surface area contributed by atoms with Crippen molar-refractivity contribution >= 4 is 29.1 Å². The third-order valence-corrected chi connectivity index (χ3v) is 8.34. The summed E-state index contributed by atoms with van der Waals surface area (Å²) in [5.74, 6) is 1.07. The molecule has 1 spiro atoms. The van der Waals surface area contributed by atoms with E-state index in [1.165, 1.54) is 0 Å². The van der Waals surface area contributed by atoms with E-state index in [1.54, 1.807) is 0 Å². The second kappa shape index (κ2) is 7.32. The van der Waals surface area contributed by atoms with Crippen LogP contribution in [0.1, 0.15) is 33.0 Å². The lowest BCUT2D eigenvalue weighted by atomic mass is 9.69. The number of anilines is 1. The Morgan fingerprint density at radius 1 is 1.03 bits per heavy atom. The lowest BCUT2D eigenvalue weighted by molar-refractivity contribution is -0.127. The van der Waals surface area contributed by atoms with Crippen molar-refractivity contribution < 1.29 is 9.59 Å². The van der Waals surface area contributed by atoms with Gasteiger partial charge >= 0.3 is 0 Å². The van der Waals surface area contributed by atoms with Gasteiger partial charge in [0.1, 0.15) is 5.54 Å². The van der Waals surface area contributed by atoms with Crippen LogP contribution in [0.15, 0.2) is 78.9 Å². The van der Waals surface area contributed by atoms with Gasteiger partial charge in [0.2, 0.25) is 5.91 Å². The van der Waals surface area contributed by atoms with Gasteiger partial charge in [0, 0.05) is 40.4 Å². The number of rotatable bonds is 3. The van der Waals surface area contributed by atoms with Gasteiger partial charge in [-0.3, -0.25) is 14.5 Å². The van der Waals surface area contributed by atoms with Gasteiger partial charge in [0.05, 0.1) is 5.92 Å². The number of aryl methyl sites for hydroxylation is 1. The van der Waals surface area contributed by atoms with Crippen molar-refractivity contribution in [2.45, 2.75) is 24.4 Å². The number of hydrogen-bond donors (Lipinski definition) is 1. The Bertz CT molecular complexity index is 1210. The fraction of sp³-hybridized carbons (Fsp3) is 0.259. The Morgan fingerprint density at radius 3 is 2.50 bits per heavy atom. The van der Waals surface area contributed by atoms with Crippen molar-refractivity contribution in [3.05, 3.63) is 101 Å². The monoisotopic (exact) mass is 440 g/mol. The van der Waals surface area contributed by atoms with Gasteiger partial charge < -0.3 is 5.32 Å². The van der Waals surface area contributed by atoms with E-state index in [-0.39, 0.29) is 23.7 Å². The zero-order valence-corrected chi connectivity index (χ0v) is 18.6. The van der Waals surface area contributed by atoms with Crippen molar-refractivity contribution in [3.63, 3.8) is 0 Å². The second-order valence-electron chi connectivity index (χ2n) is 8.95. The summed E-state index contributed by atoms with van der Waals surface area (Å²) >= 11 is 1.85. The molecule has 3 heterocycles. The van der Waals surface area contributed by atoms with Crippen LogP contribution in [0.5, 0.6) is 0 Å². The Morgan fingerprint density at radius 2 is 1.75 bits per heavy atom. The number of hydrogen-bond acceptors (Lipinski definition) is 4. The molecule has 4 nitrogen and oxygen atoms in total. The predicted molar refractivity (Wildman–Crippen MR) is 128 cm³/mol. The molecule has 0 unspecified atom stereocenters. The van der Waals surface area contributed by atoms with Gasteiger partial charge in [-0.25, -0.2) is 0 Å². The van der Waals surface area contributed by atoms with E-state index in [2.05, 4.69) is 28.4 Å². The SMILES string of the molecule is Cc1ccc2c(c1)[C@]1(C(=O)N2)[C@@H](C(=O)c2ccccc2)[C@H](c2ccccc2)[C@H]2CSCN21. The predicted octanol–water partition coefficient (Wildman–Crippen LogP) is 4.81. The highest BCUT2D eigenvalue weighted by Gasteiger charge is 2.69. The molecular formula is C27H24N2O2S. The second-order valence-corrected chi connectivity index (χ2v) is 9.95. The van der Waals surface area contributed by atoms with Crippen molar-refractivity contribution in [2.75, 3.05) is 16.9 Å². The molecular weight excluding hydrogens is 416 g/mol. The first kappa shape index (κ1) is 19.8. The fourth-order valence-electron chi connectivity index (χ4n) is 6.02. The van der Waals surface area contributed by atoms with Crippen LogP contribution in [0.25, 0.3) is 0 Å². The maximum Gasteiger partial charge on any atom is 0.250 e. The summed E-state index contributed by atoms with van der Waals surface area (Å²) in [6, 6.07) is 26.0. The molecule has 0 saturated carbocycles. The highest BCUT2D eigenvalue weighted by Crippen LogP contribution is 2.61. The van der Waals surface area contributed by atoms with Gasteiger partial charge in [-0.2, -0.15) is 0 Å². The first-order valence-electron chi connectivity index (χ1n) is 11.0. The number of thioether (sulfide) groups is 1. The summed E-state index contributed by atoms with van der Waals surface area (Å²) in [6.45, 7) is 2.05. The molecule has 0 aromatic heterocycles. The van der Waals surface area contributed by atoms with Crippen molar-refractivity contribution in [1.82, 2.24) is 4.90 Å². The molecule has 0 aliphatic carbocycles. The first-order valence-corrected chi connectivity index (χ1v) is 12.2. The van der Waals surface area contributed by atoms with Gasteiger partial charge in [0.25, 0.3) is 0 Å². The molecule has 3 aliphatic rings. The average molecular weight is 441 g/mol. The molecule has 1 amide bonds. The van der Waals surface area contributed by atoms with Crippen molar-refractivity contribution in [3.8, 4) is 0 Å². The third kappa shape index (κ3) is 2.61. The molecule has 5 heteroatoms. The maximum atomic E-state index is 14.2. The highest BCUT2D eigenvalue weighted by atomic mass is 32.2. The molecule has 3 aromatic carbocycles. The molecule has 0 bridgehead atoms. The number of benzene rings is 3. The summed E-state index contributed by atoms with van der Waals surface area (Å²) in [6.07, 6.45) is 0. The number of carbonyl (C=O) groups excluding carboxylic acids is 2. The van der Waals surface area contributed by atoms with Gasteiger partial charge in [-0.15, -0.1) is 11.8 Å². The summed E-state index contributed by atoms with van der Waals surface area (Å²) in [4.78, 5) is 30.5. The minimum absolute atomic E-state index is 0.0448. The number of Topliss-reactive ketones (excluding diaryl/α,β-unsaturated/α-hetero) is 1. The van der Waals surface area contributed by atoms with Crippen molar-refractivity contribution in [1.29, 1.82) is 0 Å². The van der Waals surface area contributed by atoms with E-state index in [0.717, 1.165) is 34.0 Å². The quantitative estimate of drug-likeness (QED) is 0.594. The Balaban J connectivity index is 1.63. The number of nitrogens with zero attached hydrogens (tertiary/aromatic N) is 1. The van der Waals surface area contributed by atoms with Crippen LogP contribution in [0.3, 0.4) is 0 Å². The van der Waals surface area contributed by atoms with Crippen LogP contribution in [0, 0.1) is 12.8 Å². The van der Waals surface area contributed by atoms with E-state index in [9.17, 15) is 9.59 Å². The maximum absolute atomic E-state index is 14.2. The molecule has 3 aliphatic heterocycles. The van der Waals surface area contributed by atoms with Crippen LogP contribution < -0.4 is 5.32 Å². The lowest BCUT2D eigenvalue weighted by Gasteiger charge is -2.36. The molecule has 1 N–H and O–H groups in total. The molecule has 2 saturated heterocycles. The van der Waals surface area contributed by atoms with Gasteiger partial charge in [0.15, 0.2) is 5.78 Å². The smallest absolute Gasteiger partial charge is 0.250 e. The number of amides is 1. The van der Waals surface area contributed by atoms with E-state index >= 15 is 0 Å². The average Bonchev–Trinajstić information content (AvgIpc) is 3.48. The van der Waals surface area contributed by atoms with Crippen molar-refractivity contribution in [2.24, 2.45) is 5.92 Å². The highest BCUT2D eigenvalue weighted by molar-refractivity contribution is 7.99. The number of carbonyl (C=O) groups is 2. The minimum atomic E-state index is -0.997. The molecule has 160 valence electrons. The Kier molecular flexibility index (Phi) is 4.52.